The summed E-state index contributed by atoms with van der Waals surface area (Å²) >= 11 is 1.72. The van der Waals surface area contributed by atoms with Gasteiger partial charge < -0.3 is 10.1 Å². The number of nitrogens with one attached hydrogen (secondary N) is 1. The maximum Gasteiger partial charge on any atom is 0.249 e. The van der Waals surface area contributed by atoms with Crippen molar-refractivity contribution in [1.82, 2.24) is 5.32 Å². The molecule has 4 heteroatoms. The molecule has 0 spiro atoms. The highest BCUT2D eigenvalue weighted by atomic mass is 32.1. The van der Waals surface area contributed by atoms with Crippen molar-refractivity contribution in [3.05, 3.63) is 22.4 Å². The van der Waals surface area contributed by atoms with E-state index in [0.29, 0.717) is 5.92 Å². The summed E-state index contributed by atoms with van der Waals surface area (Å²) in [5.74, 6) is 0.569. The lowest BCUT2D eigenvalue weighted by atomic mass is 9.96. The Labute approximate surface area is 113 Å². The Balaban J connectivity index is 2.07. The van der Waals surface area contributed by atoms with Crippen molar-refractivity contribution in [2.75, 3.05) is 7.11 Å². The van der Waals surface area contributed by atoms with Crippen molar-refractivity contribution in [3.63, 3.8) is 0 Å². The highest BCUT2D eigenvalue weighted by Crippen LogP contribution is 2.37. The summed E-state index contributed by atoms with van der Waals surface area (Å²) in [5.41, 5.74) is 0. The molecule has 0 saturated heterocycles. The van der Waals surface area contributed by atoms with Gasteiger partial charge in [0.1, 0.15) is 6.10 Å². The number of methoxy groups -OCH3 is 1. The fourth-order valence-electron chi connectivity index (χ4n) is 2.56. The molecule has 1 aromatic rings. The van der Waals surface area contributed by atoms with Crippen LogP contribution >= 0.6 is 11.3 Å². The molecule has 1 aliphatic rings. The maximum atomic E-state index is 12.0. The second kappa shape index (κ2) is 6.34. The van der Waals surface area contributed by atoms with Crippen LogP contribution in [0.5, 0.6) is 0 Å². The second-order valence-corrected chi connectivity index (χ2v) is 5.90. The van der Waals surface area contributed by atoms with Crippen LogP contribution in [0.4, 0.5) is 0 Å². The molecule has 0 aliphatic heterocycles. The number of hydrogen-bond acceptors (Lipinski definition) is 3. The molecular weight excluding hydrogens is 246 g/mol. The van der Waals surface area contributed by atoms with E-state index in [1.165, 1.54) is 30.6 Å². The van der Waals surface area contributed by atoms with Crippen LogP contribution in [0, 0.1) is 5.92 Å². The number of hydrogen-bond donors (Lipinski definition) is 1. The van der Waals surface area contributed by atoms with Gasteiger partial charge in [-0.3, -0.25) is 4.79 Å². The molecule has 1 N–H and O–H groups in total. The normalized spacial score (nSPS) is 19.7. The van der Waals surface area contributed by atoms with Crippen molar-refractivity contribution in [1.29, 1.82) is 0 Å². The van der Waals surface area contributed by atoms with Crippen LogP contribution < -0.4 is 5.32 Å². The number of ether oxygens (including phenoxy) is 1. The fraction of sp³-hybridized carbons (Fsp3) is 0.643. The lowest BCUT2D eigenvalue weighted by molar-refractivity contribution is -0.131. The molecule has 1 fully saturated rings. The van der Waals surface area contributed by atoms with E-state index in [9.17, 15) is 4.79 Å². The minimum absolute atomic E-state index is 0.0113. The van der Waals surface area contributed by atoms with Crippen LogP contribution in [0.25, 0.3) is 0 Å². The highest BCUT2D eigenvalue weighted by Gasteiger charge is 2.29. The third kappa shape index (κ3) is 3.12. The third-order valence-electron chi connectivity index (χ3n) is 3.74. The Kier molecular flexibility index (Phi) is 4.78. The average Bonchev–Trinajstić information content (AvgIpc) is 3.06. The molecule has 3 nitrogen and oxygen atoms in total. The van der Waals surface area contributed by atoms with Crippen molar-refractivity contribution in [2.24, 2.45) is 5.92 Å². The third-order valence-corrected chi connectivity index (χ3v) is 4.70. The zero-order valence-electron chi connectivity index (χ0n) is 11.0. The van der Waals surface area contributed by atoms with Gasteiger partial charge in [0.2, 0.25) is 5.91 Å². The van der Waals surface area contributed by atoms with E-state index < -0.39 is 0 Å². The topological polar surface area (TPSA) is 38.3 Å². The van der Waals surface area contributed by atoms with Gasteiger partial charge in [-0.2, -0.15) is 0 Å². The van der Waals surface area contributed by atoms with Crippen LogP contribution in [0.3, 0.4) is 0 Å². The number of amides is 1. The lowest BCUT2D eigenvalue weighted by Gasteiger charge is -2.25. The summed E-state index contributed by atoms with van der Waals surface area (Å²) in [7, 11) is 1.57. The molecule has 2 atom stereocenters. The molecule has 1 amide bonds. The molecule has 1 aliphatic carbocycles. The molecule has 2 unspecified atom stereocenters. The van der Waals surface area contributed by atoms with E-state index in [-0.39, 0.29) is 18.1 Å². The zero-order chi connectivity index (χ0) is 13.0. The Bertz CT molecular complexity index is 371. The van der Waals surface area contributed by atoms with Gasteiger partial charge >= 0.3 is 0 Å². The van der Waals surface area contributed by atoms with Gasteiger partial charge in [0.05, 0.1) is 6.04 Å². The summed E-state index contributed by atoms with van der Waals surface area (Å²) in [6, 6.07) is 4.33. The number of carbonyl (C=O) groups excluding carboxylic acids is 1. The average molecular weight is 267 g/mol. The standard InChI is InChI=1S/C14H21NO2S/c1-10(17-2)14(16)15-13(11-6-3-4-7-11)12-8-5-9-18-12/h5,8-11,13H,3-4,6-7H2,1-2H3,(H,15,16). The maximum absolute atomic E-state index is 12.0. The fourth-order valence-corrected chi connectivity index (χ4v) is 3.43. The molecule has 1 saturated carbocycles. The molecule has 1 aromatic heterocycles. The second-order valence-electron chi connectivity index (χ2n) is 4.92. The Morgan fingerprint density at radius 3 is 2.78 bits per heavy atom. The summed E-state index contributed by atoms with van der Waals surface area (Å²) < 4.78 is 5.08. The smallest absolute Gasteiger partial charge is 0.249 e. The quantitative estimate of drug-likeness (QED) is 0.890. The zero-order valence-corrected chi connectivity index (χ0v) is 11.8. The van der Waals surface area contributed by atoms with Gasteiger partial charge in [0.15, 0.2) is 0 Å². The predicted octanol–water partition coefficient (Wildman–Crippen LogP) is 3.13. The molecule has 0 bridgehead atoms. The van der Waals surface area contributed by atoms with Gasteiger partial charge in [-0.05, 0) is 37.1 Å². The van der Waals surface area contributed by atoms with Crippen LogP contribution in [-0.2, 0) is 9.53 Å². The molecule has 2 rings (SSSR count). The highest BCUT2D eigenvalue weighted by molar-refractivity contribution is 7.10. The lowest BCUT2D eigenvalue weighted by Crippen LogP contribution is -2.38. The number of thiophene rings is 1. The first-order valence-electron chi connectivity index (χ1n) is 6.59. The van der Waals surface area contributed by atoms with Gasteiger partial charge in [0, 0.05) is 12.0 Å². The minimum Gasteiger partial charge on any atom is -0.372 e. The summed E-state index contributed by atoms with van der Waals surface area (Å²) in [6.45, 7) is 1.79. The van der Waals surface area contributed by atoms with Gasteiger partial charge in [0.25, 0.3) is 0 Å². The van der Waals surface area contributed by atoms with E-state index in [1.54, 1.807) is 25.4 Å². The van der Waals surface area contributed by atoms with Crippen LogP contribution in [0.1, 0.15) is 43.5 Å². The SMILES string of the molecule is COC(C)C(=O)NC(c1cccs1)C1CCCC1. The largest absolute Gasteiger partial charge is 0.372 e. The Morgan fingerprint density at radius 1 is 1.50 bits per heavy atom. The molecule has 1 heterocycles. The summed E-state index contributed by atoms with van der Waals surface area (Å²) in [6.07, 6.45) is 4.60. The van der Waals surface area contributed by atoms with Crippen molar-refractivity contribution in [3.8, 4) is 0 Å². The van der Waals surface area contributed by atoms with Crippen molar-refractivity contribution < 1.29 is 9.53 Å². The van der Waals surface area contributed by atoms with E-state index >= 15 is 0 Å². The number of rotatable bonds is 5. The summed E-state index contributed by atoms with van der Waals surface area (Å²) in [5, 5.41) is 5.23. The first-order valence-corrected chi connectivity index (χ1v) is 7.47. The van der Waals surface area contributed by atoms with Crippen molar-refractivity contribution in [2.45, 2.75) is 44.8 Å². The molecule has 0 aromatic carbocycles. The minimum atomic E-state index is -0.381. The van der Waals surface area contributed by atoms with Gasteiger partial charge in [-0.15, -0.1) is 11.3 Å². The van der Waals surface area contributed by atoms with E-state index in [1.807, 2.05) is 6.07 Å². The number of carbonyl (C=O) groups is 1. The molecule has 100 valence electrons. The summed E-state index contributed by atoms with van der Waals surface area (Å²) in [4.78, 5) is 13.3. The molecule has 0 radical (unpaired) electrons. The predicted molar refractivity (Wildman–Crippen MR) is 73.6 cm³/mol. The van der Waals surface area contributed by atoms with Crippen LogP contribution in [0.2, 0.25) is 0 Å². The van der Waals surface area contributed by atoms with Crippen molar-refractivity contribution >= 4 is 17.2 Å². The van der Waals surface area contributed by atoms with Crippen LogP contribution in [0.15, 0.2) is 17.5 Å². The first kappa shape index (κ1) is 13.6. The Morgan fingerprint density at radius 2 is 2.22 bits per heavy atom. The van der Waals surface area contributed by atoms with E-state index in [2.05, 4.69) is 16.8 Å². The first-order chi connectivity index (χ1) is 8.72. The molecule has 18 heavy (non-hydrogen) atoms. The Hall–Kier alpha value is -0.870. The monoisotopic (exact) mass is 267 g/mol. The van der Waals surface area contributed by atoms with E-state index in [4.69, 9.17) is 4.74 Å². The van der Waals surface area contributed by atoms with Gasteiger partial charge in [-0.25, -0.2) is 0 Å². The van der Waals surface area contributed by atoms with Crippen LogP contribution in [-0.4, -0.2) is 19.1 Å². The van der Waals surface area contributed by atoms with E-state index in [0.717, 1.165) is 0 Å². The van der Waals surface area contributed by atoms with Gasteiger partial charge in [-0.1, -0.05) is 18.9 Å². The molecular formula is C14H21NO2S.